The molecule has 1 heteroatoms. The van der Waals surface area contributed by atoms with Crippen LogP contribution < -0.4 is 0 Å². The standard InChI is InChI=1S/C13H10.CH2O/c1-4-10-6-2-8-12-9-3-7-11(5-1)13(10)12;1-2/h1-8H,9H2;1H2. The molecule has 3 rings (SSSR count). The third-order valence-corrected chi connectivity index (χ3v) is 2.66. The fourth-order valence-electron chi connectivity index (χ4n) is 2.07. The van der Waals surface area contributed by atoms with E-state index in [1.54, 1.807) is 0 Å². The molecule has 0 radical (unpaired) electrons. The molecule has 15 heavy (non-hydrogen) atoms. The van der Waals surface area contributed by atoms with Gasteiger partial charge in [-0.05, 0) is 28.3 Å². The Bertz CT molecular complexity index is 506. The third-order valence-electron chi connectivity index (χ3n) is 2.66. The van der Waals surface area contributed by atoms with Gasteiger partial charge in [-0.2, -0.15) is 0 Å². The van der Waals surface area contributed by atoms with E-state index in [2.05, 4.69) is 48.6 Å². The van der Waals surface area contributed by atoms with Crippen LogP contribution in [0.4, 0.5) is 0 Å². The molecule has 0 saturated carbocycles. The van der Waals surface area contributed by atoms with E-state index >= 15 is 0 Å². The van der Waals surface area contributed by atoms with Gasteiger partial charge in [-0.15, -0.1) is 0 Å². The molecule has 0 unspecified atom stereocenters. The molecule has 0 amide bonds. The van der Waals surface area contributed by atoms with E-state index in [0.29, 0.717) is 0 Å². The quantitative estimate of drug-likeness (QED) is 0.632. The highest BCUT2D eigenvalue weighted by Crippen LogP contribution is 2.27. The van der Waals surface area contributed by atoms with Crippen molar-refractivity contribution in [3.8, 4) is 0 Å². The van der Waals surface area contributed by atoms with E-state index in [0.717, 1.165) is 6.42 Å². The molecule has 0 atom stereocenters. The molecule has 0 aliphatic heterocycles. The van der Waals surface area contributed by atoms with Crippen LogP contribution in [-0.2, 0) is 11.2 Å². The van der Waals surface area contributed by atoms with Gasteiger partial charge in [-0.25, -0.2) is 0 Å². The Morgan fingerprint density at radius 2 is 1.73 bits per heavy atom. The number of carbonyl (C=O) groups is 1. The van der Waals surface area contributed by atoms with Gasteiger partial charge in [0.15, 0.2) is 0 Å². The van der Waals surface area contributed by atoms with Crippen LogP contribution in [0, 0.1) is 0 Å². The van der Waals surface area contributed by atoms with Gasteiger partial charge in [0.2, 0.25) is 0 Å². The van der Waals surface area contributed by atoms with Crippen LogP contribution in [0.5, 0.6) is 0 Å². The van der Waals surface area contributed by atoms with Crippen molar-refractivity contribution in [3.63, 3.8) is 0 Å². The number of benzene rings is 2. The average Bonchev–Trinajstić information content (AvgIpc) is 2.33. The Morgan fingerprint density at radius 1 is 1.00 bits per heavy atom. The zero-order chi connectivity index (χ0) is 10.7. The second-order valence-electron chi connectivity index (χ2n) is 3.47. The lowest BCUT2D eigenvalue weighted by Gasteiger charge is -2.11. The summed E-state index contributed by atoms with van der Waals surface area (Å²) < 4.78 is 0. The minimum Gasteiger partial charge on any atom is -0.307 e. The second kappa shape index (κ2) is 4.09. The van der Waals surface area contributed by atoms with Crippen LogP contribution in [0.15, 0.2) is 42.5 Å². The summed E-state index contributed by atoms with van der Waals surface area (Å²) in [7, 11) is 0. The number of allylic oxidation sites excluding steroid dienone is 1. The maximum Gasteiger partial charge on any atom is 0.106 e. The Hall–Kier alpha value is -1.89. The minimum atomic E-state index is 1.08. The number of hydrogen-bond acceptors (Lipinski definition) is 1. The first-order valence-corrected chi connectivity index (χ1v) is 4.91. The lowest BCUT2D eigenvalue weighted by atomic mass is 9.93. The van der Waals surface area contributed by atoms with Gasteiger partial charge < -0.3 is 4.79 Å². The van der Waals surface area contributed by atoms with Crippen LogP contribution in [0.1, 0.15) is 11.1 Å². The Morgan fingerprint density at radius 3 is 2.53 bits per heavy atom. The Balaban J connectivity index is 0.000000404. The van der Waals surface area contributed by atoms with Crippen LogP contribution in [-0.4, -0.2) is 6.79 Å². The van der Waals surface area contributed by atoms with Crippen molar-refractivity contribution in [2.75, 3.05) is 0 Å². The van der Waals surface area contributed by atoms with Gasteiger partial charge in [0, 0.05) is 0 Å². The molecule has 2 aromatic carbocycles. The smallest absolute Gasteiger partial charge is 0.106 e. The molecular weight excluding hydrogens is 184 g/mol. The van der Waals surface area contributed by atoms with Crippen molar-refractivity contribution in [2.45, 2.75) is 6.42 Å². The van der Waals surface area contributed by atoms with Crippen molar-refractivity contribution in [3.05, 3.63) is 53.6 Å². The Kier molecular flexibility index (Phi) is 2.64. The fourth-order valence-corrected chi connectivity index (χ4v) is 2.07. The fraction of sp³-hybridized carbons (Fsp3) is 0.0714. The summed E-state index contributed by atoms with van der Waals surface area (Å²) in [6, 6.07) is 13.0. The van der Waals surface area contributed by atoms with Gasteiger partial charge in [-0.3, -0.25) is 0 Å². The summed E-state index contributed by atoms with van der Waals surface area (Å²) in [5, 5.41) is 2.80. The molecule has 0 heterocycles. The van der Waals surface area contributed by atoms with E-state index in [1.807, 2.05) is 6.79 Å². The maximum absolute atomic E-state index is 8.00. The normalized spacial score (nSPS) is 12.0. The Labute approximate surface area is 89.0 Å². The zero-order valence-electron chi connectivity index (χ0n) is 8.44. The number of rotatable bonds is 0. The number of carbonyl (C=O) groups excluding carboxylic acids is 1. The third kappa shape index (κ3) is 1.57. The van der Waals surface area contributed by atoms with Crippen LogP contribution >= 0.6 is 0 Å². The van der Waals surface area contributed by atoms with Gasteiger partial charge >= 0.3 is 0 Å². The van der Waals surface area contributed by atoms with Crippen molar-refractivity contribution in [1.29, 1.82) is 0 Å². The molecule has 1 aliphatic carbocycles. The van der Waals surface area contributed by atoms with E-state index in [-0.39, 0.29) is 0 Å². The van der Waals surface area contributed by atoms with Gasteiger partial charge in [-0.1, -0.05) is 48.6 Å². The van der Waals surface area contributed by atoms with Crippen molar-refractivity contribution in [1.82, 2.24) is 0 Å². The summed E-state index contributed by atoms with van der Waals surface area (Å²) in [4.78, 5) is 8.00. The van der Waals surface area contributed by atoms with Crippen LogP contribution in [0.3, 0.4) is 0 Å². The summed E-state index contributed by atoms with van der Waals surface area (Å²) in [6.45, 7) is 2.00. The van der Waals surface area contributed by atoms with Crippen molar-refractivity contribution >= 4 is 23.6 Å². The molecule has 2 aromatic rings. The monoisotopic (exact) mass is 196 g/mol. The van der Waals surface area contributed by atoms with E-state index < -0.39 is 0 Å². The first kappa shape index (κ1) is 9.66. The lowest BCUT2D eigenvalue weighted by molar-refractivity contribution is -0.0979. The first-order chi connectivity index (χ1) is 7.45. The largest absolute Gasteiger partial charge is 0.307 e. The number of hydrogen-bond donors (Lipinski definition) is 0. The summed E-state index contributed by atoms with van der Waals surface area (Å²) in [6.07, 6.45) is 5.53. The predicted octanol–water partition coefficient (Wildman–Crippen LogP) is 3.22. The van der Waals surface area contributed by atoms with E-state index in [1.165, 1.54) is 21.9 Å². The highest BCUT2D eigenvalue weighted by molar-refractivity contribution is 5.94. The molecule has 0 fully saturated rings. The maximum atomic E-state index is 8.00. The summed E-state index contributed by atoms with van der Waals surface area (Å²) >= 11 is 0. The molecular formula is C14H12O. The molecule has 0 bridgehead atoms. The van der Waals surface area contributed by atoms with Gasteiger partial charge in [0.25, 0.3) is 0 Å². The predicted molar refractivity (Wildman–Crippen MR) is 63.8 cm³/mol. The molecule has 0 aromatic heterocycles. The zero-order valence-corrected chi connectivity index (χ0v) is 8.44. The first-order valence-electron chi connectivity index (χ1n) is 4.91. The highest BCUT2D eigenvalue weighted by atomic mass is 16.1. The minimum absolute atomic E-state index is 1.08. The molecule has 0 saturated heterocycles. The van der Waals surface area contributed by atoms with Crippen molar-refractivity contribution in [2.24, 2.45) is 0 Å². The molecule has 0 N–H and O–H groups in total. The highest BCUT2D eigenvalue weighted by Gasteiger charge is 2.06. The van der Waals surface area contributed by atoms with E-state index in [9.17, 15) is 0 Å². The lowest BCUT2D eigenvalue weighted by Crippen LogP contribution is -1.91. The molecule has 1 aliphatic rings. The molecule has 74 valence electrons. The van der Waals surface area contributed by atoms with Crippen LogP contribution in [0.25, 0.3) is 16.8 Å². The molecule has 1 nitrogen and oxygen atoms in total. The van der Waals surface area contributed by atoms with Crippen LogP contribution in [0.2, 0.25) is 0 Å². The SMILES string of the molecule is C1=Cc2cccc3cccc(c23)C1.C=O. The summed E-state index contributed by atoms with van der Waals surface area (Å²) in [5.41, 5.74) is 2.81. The van der Waals surface area contributed by atoms with Gasteiger partial charge in [0.1, 0.15) is 6.79 Å². The second-order valence-corrected chi connectivity index (χ2v) is 3.47. The van der Waals surface area contributed by atoms with Crippen molar-refractivity contribution < 1.29 is 4.79 Å². The molecule has 0 spiro atoms. The van der Waals surface area contributed by atoms with E-state index in [4.69, 9.17) is 4.79 Å². The average molecular weight is 196 g/mol. The summed E-state index contributed by atoms with van der Waals surface area (Å²) in [5.74, 6) is 0. The topological polar surface area (TPSA) is 17.1 Å². The van der Waals surface area contributed by atoms with Gasteiger partial charge in [0.05, 0.1) is 0 Å².